The lowest BCUT2D eigenvalue weighted by atomic mass is 9.63. The Morgan fingerprint density at radius 1 is 1.08 bits per heavy atom. The van der Waals surface area contributed by atoms with Gasteiger partial charge in [0.1, 0.15) is 5.69 Å². The van der Waals surface area contributed by atoms with Crippen molar-refractivity contribution in [3.05, 3.63) is 45.5 Å². The summed E-state index contributed by atoms with van der Waals surface area (Å²) in [5.41, 5.74) is -0.282. The number of hydrogen-bond acceptors (Lipinski definition) is 4. The van der Waals surface area contributed by atoms with Crippen LogP contribution < -0.4 is 4.90 Å². The molecule has 1 aromatic carbocycles. The molecule has 6 atom stereocenters. The first-order valence-corrected chi connectivity index (χ1v) is 8.37. The van der Waals surface area contributed by atoms with Crippen LogP contribution in [-0.4, -0.2) is 16.7 Å². The molecule has 24 heavy (non-hydrogen) atoms. The van der Waals surface area contributed by atoms with Gasteiger partial charge in [0, 0.05) is 11.1 Å². The monoisotopic (exact) mass is 344 g/mol. The number of nitrogens with zero attached hydrogens (tertiary/aromatic N) is 2. The average Bonchev–Trinajstić information content (AvgIpc) is 3.33. The fourth-order valence-electron chi connectivity index (χ4n) is 5.03. The van der Waals surface area contributed by atoms with Crippen LogP contribution in [0.2, 0.25) is 5.02 Å². The van der Waals surface area contributed by atoms with Gasteiger partial charge < -0.3 is 0 Å². The van der Waals surface area contributed by atoms with Gasteiger partial charge in [0.05, 0.1) is 16.8 Å². The normalized spacial score (nSPS) is 38.3. The van der Waals surface area contributed by atoms with Crippen molar-refractivity contribution in [1.29, 1.82) is 0 Å². The standard InChI is InChI=1S/C17H13ClN2O4/c18-7-1-4-12(13(5-7)20(23)24)19-16(21)14-8-2-3-9(11-6-10(8)11)15(14)17(19)22/h1-5,8-11,14-15H,6H2/t8-,9-,10-,11-,14-,15+/m0/s1. The second kappa shape index (κ2) is 4.45. The number of carbonyl (C=O) groups excluding carboxylic acids is 2. The van der Waals surface area contributed by atoms with Crippen LogP contribution in [0.5, 0.6) is 0 Å². The number of amides is 2. The van der Waals surface area contributed by atoms with Crippen LogP contribution in [0.4, 0.5) is 11.4 Å². The fraction of sp³-hybridized carbons (Fsp3) is 0.412. The third-order valence-corrected chi connectivity index (χ3v) is 6.27. The minimum atomic E-state index is -0.603. The highest BCUT2D eigenvalue weighted by molar-refractivity contribution is 6.31. The van der Waals surface area contributed by atoms with Gasteiger partial charge in [0.2, 0.25) is 11.8 Å². The van der Waals surface area contributed by atoms with Crippen molar-refractivity contribution >= 4 is 34.8 Å². The van der Waals surface area contributed by atoms with Gasteiger partial charge in [-0.15, -0.1) is 0 Å². The van der Waals surface area contributed by atoms with E-state index < -0.39 is 4.92 Å². The number of nitro benzene ring substituents is 1. The Hall–Kier alpha value is -2.21. The molecule has 2 amide bonds. The maximum atomic E-state index is 13.0. The highest BCUT2D eigenvalue weighted by Crippen LogP contribution is 2.65. The molecule has 0 N–H and O–H groups in total. The molecule has 0 aromatic heterocycles. The Kier molecular flexibility index (Phi) is 2.62. The zero-order valence-corrected chi connectivity index (χ0v) is 13.2. The van der Waals surface area contributed by atoms with E-state index in [1.807, 2.05) is 0 Å². The number of carbonyl (C=O) groups is 2. The molecule has 4 aliphatic carbocycles. The number of imide groups is 1. The van der Waals surface area contributed by atoms with Crippen molar-refractivity contribution in [2.24, 2.45) is 35.5 Å². The molecule has 7 heteroatoms. The number of rotatable bonds is 2. The van der Waals surface area contributed by atoms with Gasteiger partial charge in [0.15, 0.2) is 0 Å². The molecule has 2 saturated carbocycles. The first kappa shape index (κ1) is 14.2. The van der Waals surface area contributed by atoms with Gasteiger partial charge in [-0.1, -0.05) is 23.8 Å². The number of anilines is 1. The van der Waals surface area contributed by atoms with Crippen LogP contribution in [0.1, 0.15) is 6.42 Å². The average molecular weight is 345 g/mol. The second-order valence-electron chi connectivity index (χ2n) is 7.06. The Bertz CT molecular complexity index is 815. The summed E-state index contributed by atoms with van der Waals surface area (Å²) in [6, 6.07) is 4.05. The van der Waals surface area contributed by atoms with E-state index in [4.69, 9.17) is 11.6 Å². The van der Waals surface area contributed by atoms with E-state index in [0.29, 0.717) is 11.8 Å². The Labute approximate surface area is 142 Å². The third kappa shape index (κ3) is 1.61. The Morgan fingerprint density at radius 3 is 2.21 bits per heavy atom. The van der Waals surface area contributed by atoms with E-state index in [-0.39, 0.29) is 51.9 Å². The lowest BCUT2D eigenvalue weighted by Crippen LogP contribution is -2.40. The van der Waals surface area contributed by atoms with Crippen LogP contribution >= 0.6 is 11.6 Å². The summed E-state index contributed by atoms with van der Waals surface area (Å²) in [5, 5.41) is 11.5. The summed E-state index contributed by atoms with van der Waals surface area (Å²) in [6.45, 7) is 0. The maximum Gasteiger partial charge on any atom is 0.294 e. The van der Waals surface area contributed by atoms with Crippen molar-refractivity contribution in [2.45, 2.75) is 6.42 Å². The van der Waals surface area contributed by atoms with Gasteiger partial charge in [-0.25, -0.2) is 4.90 Å². The minimum absolute atomic E-state index is 0.0295. The molecule has 1 aliphatic heterocycles. The topological polar surface area (TPSA) is 80.5 Å². The van der Waals surface area contributed by atoms with Crippen molar-refractivity contribution in [1.82, 2.24) is 0 Å². The number of allylic oxidation sites excluding steroid dienone is 2. The Balaban J connectivity index is 1.61. The maximum absolute atomic E-state index is 13.0. The van der Waals surface area contributed by atoms with E-state index in [1.165, 1.54) is 18.2 Å². The molecule has 3 fully saturated rings. The predicted molar refractivity (Wildman–Crippen MR) is 85.3 cm³/mol. The van der Waals surface area contributed by atoms with Gasteiger partial charge >= 0.3 is 0 Å². The van der Waals surface area contributed by atoms with E-state index in [1.54, 1.807) is 0 Å². The quantitative estimate of drug-likeness (QED) is 0.357. The first-order chi connectivity index (χ1) is 11.5. The highest BCUT2D eigenvalue weighted by Gasteiger charge is 2.67. The smallest absolute Gasteiger partial charge is 0.274 e. The van der Waals surface area contributed by atoms with Crippen molar-refractivity contribution in [3.63, 3.8) is 0 Å². The Morgan fingerprint density at radius 2 is 1.67 bits per heavy atom. The van der Waals surface area contributed by atoms with Crippen LogP contribution in [0.3, 0.4) is 0 Å². The van der Waals surface area contributed by atoms with Crippen LogP contribution in [0, 0.1) is 45.6 Å². The number of benzene rings is 1. The third-order valence-electron chi connectivity index (χ3n) is 6.04. The van der Waals surface area contributed by atoms with Crippen molar-refractivity contribution in [2.75, 3.05) is 4.90 Å². The summed E-state index contributed by atoms with van der Waals surface area (Å²) in [4.78, 5) is 37.7. The number of halogens is 1. The fourth-order valence-corrected chi connectivity index (χ4v) is 5.19. The van der Waals surface area contributed by atoms with Crippen LogP contribution in [-0.2, 0) is 9.59 Å². The summed E-state index contributed by atoms with van der Waals surface area (Å²) < 4.78 is 0. The predicted octanol–water partition coefficient (Wildman–Crippen LogP) is 2.81. The molecule has 0 unspecified atom stereocenters. The largest absolute Gasteiger partial charge is 0.294 e. The lowest BCUT2D eigenvalue weighted by Gasteiger charge is -2.37. The van der Waals surface area contributed by atoms with Crippen molar-refractivity contribution < 1.29 is 14.5 Å². The first-order valence-electron chi connectivity index (χ1n) is 7.99. The second-order valence-corrected chi connectivity index (χ2v) is 7.49. The molecular weight excluding hydrogens is 332 g/mol. The van der Waals surface area contributed by atoms with E-state index in [9.17, 15) is 19.7 Å². The zero-order chi connectivity index (χ0) is 16.7. The van der Waals surface area contributed by atoms with Gasteiger partial charge in [-0.2, -0.15) is 0 Å². The summed E-state index contributed by atoms with van der Waals surface area (Å²) >= 11 is 5.84. The van der Waals surface area contributed by atoms with Gasteiger partial charge in [0.25, 0.3) is 5.69 Å². The molecule has 122 valence electrons. The molecule has 0 radical (unpaired) electrons. The SMILES string of the molecule is O=C1[C@@H]2[C@H]3C=C[C@@H]([C@@H]4C[C@@H]34)[C@@H]2C(=O)N1c1ccc(Cl)cc1[N+](=O)[O-]. The van der Waals surface area contributed by atoms with E-state index in [2.05, 4.69) is 12.2 Å². The molecule has 1 heterocycles. The molecule has 6 nitrogen and oxygen atoms in total. The number of nitro groups is 1. The zero-order valence-electron chi connectivity index (χ0n) is 12.5. The molecule has 5 aliphatic rings. The molecule has 6 rings (SSSR count). The minimum Gasteiger partial charge on any atom is -0.274 e. The highest BCUT2D eigenvalue weighted by atomic mass is 35.5. The summed E-state index contributed by atoms with van der Waals surface area (Å²) in [6.07, 6.45) is 5.23. The van der Waals surface area contributed by atoms with E-state index >= 15 is 0 Å². The van der Waals surface area contributed by atoms with Gasteiger partial charge in [-0.05, 0) is 42.2 Å². The van der Waals surface area contributed by atoms with Crippen LogP contribution in [0.25, 0.3) is 0 Å². The number of hydrogen-bond donors (Lipinski definition) is 0. The van der Waals surface area contributed by atoms with Crippen LogP contribution in [0.15, 0.2) is 30.4 Å². The molecule has 1 saturated heterocycles. The van der Waals surface area contributed by atoms with Gasteiger partial charge in [-0.3, -0.25) is 19.7 Å². The molecule has 1 aromatic rings. The lowest BCUT2D eigenvalue weighted by molar-refractivity contribution is -0.384. The summed E-state index contributed by atoms with van der Waals surface area (Å²) in [7, 11) is 0. The molecule has 2 bridgehead atoms. The summed E-state index contributed by atoms with van der Waals surface area (Å²) in [5.74, 6) is -0.162. The molecule has 0 spiro atoms. The van der Waals surface area contributed by atoms with Crippen molar-refractivity contribution in [3.8, 4) is 0 Å². The van der Waals surface area contributed by atoms with E-state index in [0.717, 1.165) is 11.3 Å². The molecular formula is C17H13ClN2O4.